The van der Waals surface area contributed by atoms with Gasteiger partial charge < -0.3 is 5.32 Å². The standard InChI is InChI=1S/C16H20ClN3O/c1-4-8-13-14(17)15(20(3)19-13)16(21)18-11(2)12-9-6-5-7-10-12/h5-7,9-11H,4,8H2,1-3H3,(H,18,21). The van der Waals surface area contributed by atoms with Gasteiger partial charge in [0.15, 0.2) is 0 Å². The number of benzene rings is 1. The predicted octanol–water partition coefficient (Wildman–Crippen LogP) is 3.52. The third kappa shape index (κ3) is 3.45. The summed E-state index contributed by atoms with van der Waals surface area (Å²) in [7, 11) is 1.74. The van der Waals surface area contributed by atoms with Crippen LogP contribution in [0.2, 0.25) is 5.02 Å². The van der Waals surface area contributed by atoms with E-state index in [4.69, 9.17) is 11.6 Å². The van der Waals surface area contributed by atoms with Gasteiger partial charge in [-0.05, 0) is 18.9 Å². The molecule has 2 rings (SSSR count). The van der Waals surface area contributed by atoms with E-state index in [-0.39, 0.29) is 11.9 Å². The average Bonchev–Trinajstić information content (AvgIpc) is 2.75. The number of nitrogens with zero attached hydrogens (tertiary/aromatic N) is 2. The first-order valence-corrected chi connectivity index (χ1v) is 7.49. The summed E-state index contributed by atoms with van der Waals surface area (Å²) < 4.78 is 1.56. The van der Waals surface area contributed by atoms with Crippen molar-refractivity contribution in [1.29, 1.82) is 0 Å². The maximum absolute atomic E-state index is 12.4. The number of carbonyl (C=O) groups is 1. The Hall–Kier alpha value is -1.81. The Morgan fingerprint density at radius 3 is 2.67 bits per heavy atom. The van der Waals surface area contributed by atoms with Crippen molar-refractivity contribution in [1.82, 2.24) is 15.1 Å². The van der Waals surface area contributed by atoms with Crippen LogP contribution < -0.4 is 5.32 Å². The van der Waals surface area contributed by atoms with Gasteiger partial charge in [0.2, 0.25) is 0 Å². The van der Waals surface area contributed by atoms with E-state index in [2.05, 4.69) is 17.3 Å². The van der Waals surface area contributed by atoms with Crippen LogP contribution in [0, 0.1) is 0 Å². The molecule has 1 heterocycles. The number of halogens is 1. The zero-order valence-corrected chi connectivity index (χ0v) is 13.3. The van der Waals surface area contributed by atoms with Gasteiger partial charge in [0.1, 0.15) is 5.69 Å². The van der Waals surface area contributed by atoms with Crippen LogP contribution in [-0.2, 0) is 13.5 Å². The van der Waals surface area contributed by atoms with Crippen LogP contribution in [0.3, 0.4) is 0 Å². The normalized spacial score (nSPS) is 12.2. The van der Waals surface area contributed by atoms with E-state index in [1.807, 2.05) is 37.3 Å². The lowest BCUT2D eigenvalue weighted by atomic mass is 10.1. The van der Waals surface area contributed by atoms with Crippen LogP contribution in [-0.4, -0.2) is 15.7 Å². The van der Waals surface area contributed by atoms with Crippen molar-refractivity contribution < 1.29 is 4.79 Å². The van der Waals surface area contributed by atoms with E-state index in [1.165, 1.54) is 0 Å². The predicted molar refractivity (Wildman–Crippen MR) is 84.5 cm³/mol. The summed E-state index contributed by atoms with van der Waals surface area (Å²) in [6.07, 6.45) is 1.71. The molecule has 1 amide bonds. The summed E-state index contributed by atoms with van der Waals surface area (Å²) in [6, 6.07) is 9.74. The molecule has 0 fully saturated rings. The summed E-state index contributed by atoms with van der Waals surface area (Å²) in [6.45, 7) is 4.01. The quantitative estimate of drug-likeness (QED) is 0.918. The van der Waals surface area contributed by atoms with E-state index in [1.54, 1.807) is 11.7 Å². The number of hydrogen-bond donors (Lipinski definition) is 1. The zero-order valence-electron chi connectivity index (χ0n) is 12.6. The highest BCUT2D eigenvalue weighted by atomic mass is 35.5. The number of amides is 1. The number of nitrogens with one attached hydrogen (secondary N) is 1. The average molecular weight is 306 g/mol. The Morgan fingerprint density at radius 1 is 1.38 bits per heavy atom. The Kier molecular flexibility index (Phi) is 5.02. The maximum atomic E-state index is 12.4. The largest absolute Gasteiger partial charge is 0.344 e. The van der Waals surface area contributed by atoms with Crippen LogP contribution in [0.5, 0.6) is 0 Å². The molecule has 21 heavy (non-hydrogen) atoms. The highest BCUT2D eigenvalue weighted by Crippen LogP contribution is 2.22. The molecule has 1 N–H and O–H groups in total. The van der Waals surface area contributed by atoms with Gasteiger partial charge >= 0.3 is 0 Å². The minimum absolute atomic E-state index is 0.0840. The molecule has 1 unspecified atom stereocenters. The van der Waals surface area contributed by atoms with E-state index in [0.717, 1.165) is 24.1 Å². The second-order valence-corrected chi connectivity index (χ2v) is 5.47. The molecule has 0 aliphatic heterocycles. The van der Waals surface area contributed by atoms with Gasteiger partial charge in [-0.1, -0.05) is 55.3 Å². The molecule has 0 saturated carbocycles. The summed E-state index contributed by atoms with van der Waals surface area (Å²) in [4.78, 5) is 12.4. The zero-order chi connectivity index (χ0) is 15.4. The molecule has 0 bridgehead atoms. The van der Waals surface area contributed by atoms with Crippen molar-refractivity contribution in [2.75, 3.05) is 0 Å². The Bertz CT molecular complexity index is 622. The van der Waals surface area contributed by atoms with Crippen molar-refractivity contribution in [3.63, 3.8) is 0 Å². The number of rotatable bonds is 5. The van der Waals surface area contributed by atoms with E-state index >= 15 is 0 Å². The molecule has 1 aromatic carbocycles. The molecule has 0 saturated heterocycles. The second-order valence-electron chi connectivity index (χ2n) is 5.09. The molecule has 1 atom stereocenters. The Labute approximate surface area is 130 Å². The molecule has 0 radical (unpaired) electrons. The highest BCUT2D eigenvalue weighted by Gasteiger charge is 2.21. The summed E-state index contributed by atoms with van der Waals surface area (Å²) in [5, 5.41) is 7.75. The first-order valence-electron chi connectivity index (χ1n) is 7.11. The molecule has 112 valence electrons. The van der Waals surface area contributed by atoms with Crippen LogP contribution in [0.15, 0.2) is 30.3 Å². The number of aryl methyl sites for hydroxylation is 2. The molecule has 1 aromatic heterocycles. The first kappa shape index (κ1) is 15.6. The van der Waals surface area contributed by atoms with Crippen LogP contribution in [0.25, 0.3) is 0 Å². The van der Waals surface area contributed by atoms with Crippen LogP contribution >= 0.6 is 11.6 Å². The van der Waals surface area contributed by atoms with Gasteiger partial charge in [-0.3, -0.25) is 9.48 Å². The molecule has 0 spiro atoms. The van der Waals surface area contributed by atoms with Gasteiger partial charge in [-0.15, -0.1) is 0 Å². The maximum Gasteiger partial charge on any atom is 0.271 e. The summed E-state index contributed by atoms with van der Waals surface area (Å²) in [5.41, 5.74) is 2.25. The van der Waals surface area contributed by atoms with Gasteiger partial charge in [-0.25, -0.2) is 0 Å². The van der Waals surface area contributed by atoms with Gasteiger partial charge in [0.05, 0.1) is 16.8 Å². The fraction of sp³-hybridized carbons (Fsp3) is 0.375. The number of hydrogen-bond acceptors (Lipinski definition) is 2. The minimum atomic E-state index is -0.200. The topological polar surface area (TPSA) is 46.9 Å². The highest BCUT2D eigenvalue weighted by molar-refractivity contribution is 6.34. The number of aromatic nitrogens is 2. The first-order chi connectivity index (χ1) is 10.0. The smallest absolute Gasteiger partial charge is 0.271 e. The lowest BCUT2D eigenvalue weighted by Gasteiger charge is -2.14. The Morgan fingerprint density at radius 2 is 2.05 bits per heavy atom. The van der Waals surface area contributed by atoms with Gasteiger partial charge in [0.25, 0.3) is 5.91 Å². The van der Waals surface area contributed by atoms with Gasteiger partial charge in [-0.2, -0.15) is 5.10 Å². The van der Waals surface area contributed by atoms with Crippen molar-refractivity contribution in [2.45, 2.75) is 32.7 Å². The van der Waals surface area contributed by atoms with Crippen LogP contribution in [0.1, 0.15) is 48.1 Å². The second kappa shape index (κ2) is 6.76. The lowest BCUT2D eigenvalue weighted by Crippen LogP contribution is -2.28. The minimum Gasteiger partial charge on any atom is -0.344 e. The molecule has 4 nitrogen and oxygen atoms in total. The number of carbonyl (C=O) groups excluding carboxylic acids is 1. The molecule has 0 aliphatic carbocycles. The van der Waals surface area contributed by atoms with Crippen molar-refractivity contribution in [3.8, 4) is 0 Å². The van der Waals surface area contributed by atoms with Crippen LogP contribution in [0.4, 0.5) is 0 Å². The molecule has 2 aromatic rings. The van der Waals surface area contributed by atoms with Crippen molar-refractivity contribution in [2.24, 2.45) is 7.05 Å². The van der Waals surface area contributed by atoms with Gasteiger partial charge in [0, 0.05) is 7.05 Å². The third-order valence-electron chi connectivity index (χ3n) is 3.40. The van der Waals surface area contributed by atoms with E-state index in [9.17, 15) is 4.79 Å². The fourth-order valence-electron chi connectivity index (χ4n) is 2.29. The molecular formula is C16H20ClN3O. The monoisotopic (exact) mass is 305 g/mol. The van der Waals surface area contributed by atoms with Crippen molar-refractivity contribution >= 4 is 17.5 Å². The third-order valence-corrected chi connectivity index (χ3v) is 3.80. The summed E-state index contributed by atoms with van der Waals surface area (Å²) in [5.74, 6) is -0.200. The molecular weight excluding hydrogens is 286 g/mol. The van der Waals surface area contributed by atoms with E-state index < -0.39 is 0 Å². The fourth-order valence-corrected chi connectivity index (χ4v) is 2.63. The lowest BCUT2D eigenvalue weighted by molar-refractivity contribution is 0.0930. The summed E-state index contributed by atoms with van der Waals surface area (Å²) >= 11 is 6.29. The SMILES string of the molecule is CCCc1nn(C)c(C(=O)NC(C)c2ccccc2)c1Cl. The van der Waals surface area contributed by atoms with E-state index in [0.29, 0.717) is 10.7 Å². The molecule has 0 aliphatic rings. The van der Waals surface area contributed by atoms with Crippen molar-refractivity contribution in [3.05, 3.63) is 52.3 Å². The Balaban J connectivity index is 2.17. The molecule has 5 heteroatoms.